The quantitative estimate of drug-likeness (QED) is 0.417. The number of amidine groups is 1. The molecule has 2 aliphatic rings. The number of halogens is 1. The lowest BCUT2D eigenvalue weighted by Crippen LogP contribution is -2.25. The minimum absolute atomic E-state index is 0.0154. The molecular formula is C28H25ClN4O4S. The van der Waals surface area contributed by atoms with E-state index in [0.717, 1.165) is 22.6 Å². The number of ether oxygens (including phenoxy) is 2. The first kappa shape index (κ1) is 25.8. The van der Waals surface area contributed by atoms with Gasteiger partial charge in [0.25, 0.3) is 5.91 Å². The Labute approximate surface area is 229 Å². The lowest BCUT2D eigenvalue weighted by molar-refractivity contribution is -0.121. The molecule has 3 aromatic carbocycles. The first-order valence-corrected chi connectivity index (χ1v) is 13.2. The number of aliphatic imine (C=N–C) groups is 1. The number of carbonyl (C=O) groups excluding carboxylic acids is 2. The van der Waals surface area contributed by atoms with Crippen molar-refractivity contribution in [2.24, 2.45) is 10.1 Å². The minimum Gasteiger partial charge on any atom is -0.497 e. The van der Waals surface area contributed by atoms with Gasteiger partial charge in [-0.2, -0.15) is 10.1 Å². The van der Waals surface area contributed by atoms with Crippen LogP contribution in [0.15, 0.2) is 82.9 Å². The average molecular weight is 549 g/mol. The lowest BCUT2D eigenvalue weighted by atomic mass is 9.98. The third-order valence-electron chi connectivity index (χ3n) is 6.22. The zero-order valence-electron chi connectivity index (χ0n) is 20.8. The number of thioether (sulfide) groups is 1. The molecule has 3 aromatic rings. The normalized spacial score (nSPS) is 18.7. The Kier molecular flexibility index (Phi) is 7.67. The van der Waals surface area contributed by atoms with Crippen LogP contribution in [0.1, 0.15) is 30.0 Å². The Bertz CT molecular complexity index is 1430. The number of rotatable bonds is 7. The van der Waals surface area contributed by atoms with Gasteiger partial charge >= 0.3 is 0 Å². The largest absolute Gasteiger partial charge is 0.497 e. The summed E-state index contributed by atoms with van der Waals surface area (Å²) < 4.78 is 10.5. The number of hydrazone groups is 1. The highest BCUT2D eigenvalue weighted by Crippen LogP contribution is 2.39. The summed E-state index contributed by atoms with van der Waals surface area (Å²) in [6.07, 6.45) is 0.583. The van der Waals surface area contributed by atoms with E-state index in [1.54, 1.807) is 43.5 Å². The summed E-state index contributed by atoms with van der Waals surface area (Å²) in [7, 11) is 3.18. The number of methoxy groups -OCH3 is 2. The third kappa shape index (κ3) is 5.69. The van der Waals surface area contributed by atoms with Crippen LogP contribution in [0.4, 0.5) is 5.69 Å². The number of nitrogens with one attached hydrogen (secondary N) is 1. The number of anilines is 1. The maximum Gasteiger partial charge on any atom is 0.262 e. The highest BCUT2D eigenvalue weighted by molar-refractivity contribution is 8.15. The summed E-state index contributed by atoms with van der Waals surface area (Å²) in [6, 6.07) is 22.1. The van der Waals surface area contributed by atoms with E-state index in [1.807, 2.05) is 48.5 Å². The van der Waals surface area contributed by atoms with E-state index >= 15 is 0 Å². The number of nitrogens with zero attached hydrogens (tertiary/aromatic N) is 3. The van der Waals surface area contributed by atoms with Gasteiger partial charge in [-0.1, -0.05) is 41.6 Å². The fourth-order valence-electron chi connectivity index (χ4n) is 4.30. The van der Waals surface area contributed by atoms with Gasteiger partial charge in [-0.05, 0) is 59.7 Å². The molecule has 38 heavy (non-hydrogen) atoms. The minimum atomic E-state index is -0.643. The lowest BCUT2D eigenvalue weighted by Gasteiger charge is -2.23. The summed E-state index contributed by atoms with van der Waals surface area (Å²) in [5, 5.41) is 9.90. The second-order valence-electron chi connectivity index (χ2n) is 8.72. The van der Waals surface area contributed by atoms with Gasteiger partial charge in [-0.3, -0.25) is 9.59 Å². The SMILES string of the molecule is COc1ccc(C2=NN(C3=NC(=O)[C@H](CC(=O)Nc4cccc(OC)c4)S3)[C@@H](c3cccc(Cl)c3)C2)cc1. The zero-order chi connectivity index (χ0) is 26.6. The van der Waals surface area contributed by atoms with Crippen molar-refractivity contribution < 1.29 is 19.1 Å². The van der Waals surface area contributed by atoms with Gasteiger partial charge in [0.05, 0.1) is 26.0 Å². The Morgan fingerprint density at radius 3 is 2.55 bits per heavy atom. The molecule has 0 saturated heterocycles. The topological polar surface area (TPSA) is 92.6 Å². The van der Waals surface area contributed by atoms with Gasteiger partial charge in [0.2, 0.25) is 5.91 Å². The molecule has 0 unspecified atom stereocenters. The molecule has 8 nitrogen and oxygen atoms in total. The molecular weight excluding hydrogens is 524 g/mol. The van der Waals surface area contributed by atoms with E-state index in [2.05, 4.69) is 10.3 Å². The number of benzene rings is 3. The molecule has 0 aliphatic carbocycles. The van der Waals surface area contributed by atoms with E-state index in [-0.39, 0.29) is 24.3 Å². The molecule has 0 saturated carbocycles. The monoisotopic (exact) mass is 548 g/mol. The summed E-state index contributed by atoms with van der Waals surface area (Å²) in [4.78, 5) is 29.9. The summed E-state index contributed by atoms with van der Waals surface area (Å²) in [5.41, 5.74) is 3.36. The maximum absolute atomic E-state index is 12.8. The molecule has 0 aromatic heterocycles. The predicted molar refractivity (Wildman–Crippen MR) is 150 cm³/mol. The van der Waals surface area contributed by atoms with Crippen molar-refractivity contribution in [3.05, 3.63) is 88.9 Å². The van der Waals surface area contributed by atoms with E-state index in [4.69, 9.17) is 26.2 Å². The van der Waals surface area contributed by atoms with Crippen LogP contribution in [-0.2, 0) is 9.59 Å². The Hall–Kier alpha value is -3.82. The Balaban J connectivity index is 1.34. The van der Waals surface area contributed by atoms with Crippen LogP contribution in [0, 0.1) is 0 Å². The zero-order valence-corrected chi connectivity index (χ0v) is 22.3. The second-order valence-corrected chi connectivity index (χ2v) is 10.3. The van der Waals surface area contributed by atoms with E-state index in [0.29, 0.717) is 28.0 Å². The Morgan fingerprint density at radius 2 is 1.82 bits per heavy atom. The number of carbonyl (C=O) groups is 2. The van der Waals surface area contributed by atoms with Crippen LogP contribution in [0.3, 0.4) is 0 Å². The van der Waals surface area contributed by atoms with Crippen molar-refractivity contribution in [1.82, 2.24) is 5.01 Å². The van der Waals surface area contributed by atoms with Crippen LogP contribution < -0.4 is 14.8 Å². The van der Waals surface area contributed by atoms with Crippen molar-refractivity contribution in [1.29, 1.82) is 0 Å². The van der Waals surface area contributed by atoms with Gasteiger partial charge in [0.1, 0.15) is 16.7 Å². The fraction of sp³-hybridized carbons (Fsp3) is 0.214. The van der Waals surface area contributed by atoms with Crippen LogP contribution in [-0.4, -0.2) is 47.2 Å². The van der Waals surface area contributed by atoms with E-state index in [1.165, 1.54) is 11.8 Å². The van der Waals surface area contributed by atoms with Crippen molar-refractivity contribution in [2.45, 2.75) is 24.1 Å². The standard InChI is InChI=1S/C28H25ClN4O4S/c1-36-21-11-9-17(10-12-21)23-15-24(18-5-3-6-19(29)13-18)33(32-23)28-31-27(35)25(38-28)16-26(34)30-20-7-4-8-22(14-20)37-2/h3-14,24-25H,15-16H2,1-2H3,(H,30,34)/t24-,25+/m1/s1. The maximum atomic E-state index is 12.8. The highest BCUT2D eigenvalue weighted by atomic mass is 35.5. The molecule has 2 atom stereocenters. The Morgan fingerprint density at radius 1 is 1.05 bits per heavy atom. The molecule has 0 bridgehead atoms. The molecule has 5 rings (SSSR count). The number of hydrogen-bond donors (Lipinski definition) is 1. The van der Waals surface area contributed by atoms with Crippen molar-refractivity contribution >= 4 is 51.7 Å². The van der Waals surface area contributed by atoms with Crippen LogP contribution in [0.25, 0.3) is 0 Å². The average Bonchev–Trinajstić information content (AvgIpc) is 3.53. The molecule has 2 aliphatic heterocycles. The van der Waals surface area contributed by atoms with E-state index < -0.39 is 5.25 Å². The molecule has 0 spiro atoms. The van der Waals surface area contributed by atoms with Gasteiger partial charge in [-0.25, -0.2) is 5.01 Å². The first-order valence-electron chi connectivity index (χ1n) is 11.9. The summed E-state index contributed by atoms with van der Waals surface area (Å²) >= 11 is 7.54. The van der Waals surface area contributed by atoms with Gasteiger partial charge in [0.15, 0.2) is 5.17 Å². The van der Waals surface area contributed by atoms with Gasteiger partial charge in [0, 0.05) is 29.6 Å². The highest BCUT2D eigenvalue weighted by Gasteiger charge is 2.39. The predicted octanol–water partition coefficient (Wildman–Crippen LogP) is 5.54. The van der Waals surface area contributed by atoms with Crippen molar-refractivity contribution in [3.8, 4) is 11.5 Å². The molecule has 2 amide bonds. The van der Waals surface area contributed by atoms with Crippen LogP contribution in [0.2, 0.25) is 5.02 Å². The van der Waals surface area contributed by atoms with E-state index in [9.17, 15) is 9.59 Å². The molecule has 0 fully saturated rings. The van der Waals surface area contributed by atoms with Crippen LogP contribution in [0.5, 0.6) is 11.5 Å². The van der Waals surface area contributed by atoms with Crippen molar-refractivity contribution in [2.75, 3.05) is 19.5 Å². The molecule has 2 heterocycles. The summed E-state index contributed by atoms with van der Waals surface area (Å²) in [6.45, 7) is 0. The molecule has 0 radical (unpaired) electrons. The molecule has 1 N–H and O–H groups in total. The fourth-order valence-corrected chi connectivity index (χ4v) is 5.56. The molecule has 194 valence electrons. The third-order valence-corrected chi connectivity index (χ3v) is 7.59. The van der Waals surface area contributed by atoms with Gasteiger partial charge in [-0.15, -0.1) is 0 Å². The second kappa shape index (κ2) is 11.3. The summed E-state index contributed by atoms with van der Waals surface area (Å²) in [5.74, 6) is 0.748. The number of hydrogen-bond acceptors (Lipinski definition) is 7. The van der Waals surface area contributed by atoms with Crippen LogP contribution >= 0.6 is 23.4 Å². The first-order chi connectivity index (χ1) is 18.4. The number of amides is 2. The van der Waals surface area contributed by atoms with Gasteiger partial charge < -0.3 is 14.8 Å². The smallest absolute Gasteiger partial charge is 0.262 e. The van der Waals surface area contributed by atoms with Crippen molar-refractivity contribution in [3.63, 3.8) is 0 Å². The molecule has 10 heteroatoms.